The van der Waals surface area contributed by atoms with Gasteiger partial charge in [0.25, 0.3) is 0 Å². The zero-order valence-electron chi connectivity index (χ0n) is 12.2. The van der Waals surface area contributed by atoms with E-state index in [2.05, 4.69) is 15.2 Å². The number of aryl methyl sites for hydroxylation is 2. The first-order valence-electron chi connectivity index (χ1n) is 6.80. The molecule has 8 heteroatoms. The van der Waals surface area contributed by atoms with Crippen LogP contribution in [-0.4, -0.2) is 35.6 Å². The van der Waals surface area contributed by atoms with Crippen LogP contribution in [0.4, 0.5) is 5.95 Å². The molecule has 2 unspecified atom stereocenters. The van der Waals surface area contributed by atoms with Gasteiger partial charge >= 0.3 is 5.97 Å². The van der Waals surface area contributed by atoms with Crippen LogP contribution in [0.2, 0.25) is 0 Å². The quantitative estimate of drug-likeness (QED) is 0.820. The summed E-state index contributed by atoms with van der Waals surface area (Å²) in [6.07, 6.45) is 0.331. The number of aliphatic carboxylic acids is 1. The second kappa shape index (κ2) is 4.57. The van der Waals surface area contributed by atoms with Crippen molar-refractivity contribution in [3.8, 4) is 0 Å². The van der Waals surface area contributed by atoms with E-state index in [9.17, 15) is 9.90 Å². The summed E-state index contributed by atoms with van der Waals surface area (Å²) in [5.41, 5.74) is 8.46. The van der Waals surface area contributed by atoms with Crippen molar-refractivity contribution >= 4 is 11.9 Å². The zero-order valence-corrected chi connectivity index (χ0v) is 12.2. The van der Waals surface area contributed by atoms with Crippen LogP contribution in [0.3, 0.4) is 0 Å². The Morgan fingerprint density at radius 1 is 1.38 bits per heavy atom. The second-order valence-electron chi connectivity index (χ2n) is 5.53. The molecule has 0 aliphatic carbocycles. The fourth-order valence-corrected chi connectivity index (χ4v) is 3.22. The van der Waals surface area contributed by atoms with Crippen molar-refractivity contribution in [1.29, 1.82) is 0 Å². The number of fused-ring (bicyclic) bond motifs is 1. The van der Waals surface area contributed by atoms with Gasteiger partial charge in [-0.15, -0.1) is 5.10 Å². The Morgan fingerprint density at radius 2 is 2.10 bits per heavy atom. The molecule has 1 aliphatic rings. The fourth-order valence-electron chi connectivity index (χ4n) is 3.22. The average molecular weight is 290 g/mol. The normalized spacial score (nSPS) is 21.3. The molecule has 3 N–H and O–H groups in total. The molecule has 3 rings (SSSR count). The molecule has 0 amide bonds. The zero-order chi connectivity index (χ0) is 15.3. The summed E-state index contributed by atoms with van der Waals surface area (Å²) in [7, 11) is 1.86. The molecule has 0 saturated carbocycles. The SMILES string of the molecule is Cc1nn(C)c(C)c1C1Cn2nc(N)nc2CC1C(=O)O. The summed E-state index contributed by atoms with van der Waals surface area (Å²) < 4.78 is 3.50. The van der Waals surface area contributed by atoms with Gasteiger partial charge in [-0.25, -0.2) is 4.68 Å². The average Bonchev–Trinajstić information content (AvgIpc) is 2.87. The van der Waals surface area contributed by atoms with Crippen molar-refractivity contribution in [3.63, 3.8) is 0 Å². The molecule has 2 aromatic rings. The lowest BCUT2D eigenvalue weighted by Crippen LogP contribution is -2.34. The van der Waals surface area contributed by atoms with Crippen LogP contribution in [0.25, 0.3) is 0 Å². The topological polar surface area (TPSA) is 112 Å². The third-order valence-electron chi connectivity index (χ3n) is 4.28. The molecule has 0 fully saturated rings. The lowest BCUT2D eigenvalue weighted by molar-refractivity contribution is -0.143. The lowest BCUT2D eigenvalue weighted by atomic mass is 9.80. The van der Waals surface area contributed by atoms with E-state index in [0.29, 0.717) is 18.8 Å². The van der Waals surface area contributed by atoms with Gasteiger partial charge in [0.1, 0.15) is 5.82 Å². The van der Waals surface area contributed by atoms with Crippen molar-refractivity contribution in [2.24, 2.45) is 13.0 Å². The number of nitrogens with zero attached hydrogens (tertiary/aromatic N) is 5. The Labute approximate surface area is 121 Å². The third kappa shape index (κ3) is 2.07. The molecule has 0 bridgehead atoms. The molecule has 2 atom stereocenters. The van der Waals surface area contributed by atoms with Crippen LogP contribution in [0, 0.1) is 19.8 Å². The van der Waals surface area contributed by atoms with Gasteiger partial charge in [-0.05, 0) is 13.8 Å². The first-order valence-corrected chi connectivity index (χ1v) is 6.80. The molecule has 8 nitrogen and oxygen atoms in total. The highest BCUT2D eigenvalue weighted by Gasteiger charge is 2.38. The van der Waals surface area contributed by atoms with Crippen molar-refractivity contribution in [3.05, 3.63) is 22.8 Å². The molecule has 112 valence electrons. The summed E-state index contributed by atoms with van der Waals surface area (Å²) in [6, 6.07) is 0. The Morgan fingerprint density at radius 3 is 2.67 bits per heavy atom. The number of aromatic nitrogens is 5. The number of nitrogen functional groups attached to an aromatic ring is 1. The molecule has 0 saturated heterocycles. The molecule has 1 aliphatic heterocycles. The summed E-state index contributed by atoms with van der Waals surface area (Å²) in [6.45, 7) is 4.33. The fraction of sp³-hybridized carbons (Fsp3) is 0.538. The van der Waals surface area contributed by atoms with E-state index in [4.69, 9.17) is 5.73 Å². The minimum atomic E-state index is -0.824. The molecular formula is C13H18N6O2. The number of carboxylic acid groups (broad SMARTS) is 1. The molecular weight excluding hydrogens is 272 g/mol. The summed E-state index contributed by atoms with van der Waals surface area (Å²) in [4.78, 5) is 15.8. The summed E-state index contributed by atoms with van der Waals surface area (Å²) in [5.74, 6) is -0.715. The van der Waals surface area contributed by atoms with E-state index in [0.717, 1.165) is 17.0 Å². The maximum Gasteiger partial charge on any atom is 0.307 e. The van der Waals surface area contributed by atoms with E-state index in [1.54, 1.807) is 9.36 Å². The predicted octanol–water partition coefficient (Wildman–Crippen LogP) is 0.251. The number of anilines is 1. The molecule has 21 heavy (non-hydrogen) atoms. The highest BCUT2D eigenvalue weighted by Crippen LogP contribution is 2.36. The van der Waals surface area contributed by atoms with E-state index in [1.807, 2.05) is 20.9 Å². The first kappa shape index (κ1) is 13.6. The van der Waals surface area contributed by atoms with Crippen molar-refractivity contribution in [2.45, 2.75) is 32.7 Å². The van der Waals surface area contributed by atoms with Crippen molar-refractivity contribution in [1.82, 2.24) is 24.5 Å². The highest BCUT2D eigenvalue weighted by atomic mass is 16.4. The number of hydrogen-bond donors (Lipinski definition) is 2. The standard InChI is InChI=1S/C13H18N6O2/c1-6-11(7(2)18(3)16-6)9-5-19-10(15-13(14)17-19)4-8(9)12(20)21/h8-9H,4-5H2,1-3H3,(H2,14,17)(H,20,21). The Hall–Kier alpha value is -2.38. The van der Waals surface area contributed by atoms with Gasteiger partial charge in [0, 0.05) is 30.6 Å². The van der Waals surface area contributed by atoms with Crippen LogP contribution in [0.15, 0.2) is 0 Å². The predicted molar refractivity (Wildman–Crippen MR) is 74.7 cm³/mol. The van der Waals surface area contributed by atoms with E-state index in [-0.39, 0.29) is 11.9 Å². The molecule has 0 radical (unpaired) electrons. The van der Waals surface area contributed by atoms with Gasteiger partial charge in [0.2, 0.25) is 5.95 Å². The van der Waals surface area contributed by atoms with Crippen LogP contribution in [0.1, 0.15) is 28.7 Å². The van der Waals surface area contributed by atoms with E-state index >= 15 is 0 Å². The van der Waals surface area contributed by atoms with Crippen molar-refractivity contribution < 1.29 is 9.90 Å². The summed E-state index contributed by atoms with van der Waals surface area (Å²) in [5, 5.41) is 18.1. The molecule has 0 spiro atoms. The third-order valence-corrected chi connectivity index (χ3v) is 4.28. The second-order valence-corrected chi connectivity index (χ2v) is 5.53. The minimum Gasteiger partial charge on any atom is -0.481 e. The van der Waals surface area contributed by atoms with Crippen molar-refractivity contribution in [2.75, 3.05) is 5.73 Å². The Kier molecular flexibility index (Phi) is 2.96. The smallest absolute Gasteiger partial charge is 0.307 e. The van der Waals surface area contributed by atoms with E-state index in [1.165, 1.54) is 0 Å². The molecule has 0 aromatic carbocycles. The molecule has 3 heterocycles. The van der Waals surface area contributed by atoms with Gasteiger partial charge in [0.05, 0.1) is 18.2 Å². The van der Waals surface area contributed by atoms with E-state index < -0.39 is 11.9 Å². The monoisotopic (exact) mass is 290 g/mol. The van der Waals surface area contributed by atoms with Crippen LogP contribution < -0.4 is 5.73 Å². The first-order chi connectivity index (χ1) is 9.88. The summed E-state index contributed by atoms with van der Waals surface area (Å²) >= 11 is 0. The number of carbonyl (C=O) groups is 1. The Bertz CT molecular complexity index is 717. The Balaban J connectivity index is 2.09. The lowest BCUT2D eigenvalue weighted by Gasteiger charge is -2.29. The van der Waals surface area contributed by atoms with Gasteiger partial charge < -0.3 is 10.8 Å². The number of hydrogen-bond acceptors (Lipinski definition) is 5. The van der Waals surface area contributed by atoms with Crippen LogP contribution >= 0.6 is 0 Å². The van der Waals surface area contributed by atoms with Gasteiger partial charge in [-0.3, -0.25) is 9.48 Å². The maximum absolute atomic E-state index is 11.7. The van der Waals surface area contributed by atoms with Gasteiger partial charge in [-0.2, -0.15) is 10.1 Å². The number of rotatable bonds is 2. The van der Waals surface area contributed by atoms with Gasteiger partial charge in [0.15, 0.2) is 0 Å². The number of carboxylic acids is 1. The highest BCUT2D eigenvalue weighted by molar-refractivity contribution is 5.72. The van der Waals surface area contributed by atoms with Crippen LogP contribution in [-0.2, 0) is 24.8 Å². The van der Waals surface area contributed by atoms with Crippen LogP contribution in [0.5, 0.6) is 0 Å². The minimum absolute atomic E-state index is 0.176. The molecule has 2 aromatic heterocycles. The maximum atomic E-state index is 11.7. The van der Waals surface area contributed by atoms with Gasteiger partial charge in [-0.1, -0.05) is 0 Å². The number of nitrogens with two attached hydrogens (primary N) is 1. The largest absolute Gasteiger partial charge is 0.481 e.